The molecule has 0 spiro atoms. The van der Waals surface area contributed by atoms with E-state index >= 15 is 0 Å². The van der Waals surface area contributed by atoms with Gasteiger partial charge in [-0.2, -0.15) is 0 Å². The van der Waals surface area contributed by atoms with E-state index in [1.165, 1.54) is 5.38 Å². The normalized spacial score (nSPS) is 11.4. The standard InChI is InChI=1S/C7H9N3O3S/c1-2-13-6(11)5(10-12)4-3-14-7(8)9-4/h3,12H,2H2,1H3,(H2,8,9)/b10-5+. The molecule has 0 fully saturated rings. The first kappa shape index (κ1) is 10.5. The van der Waals surface area contributed by atoms with Crippen molar-refractivity contribution in [3.05, 3.63) is 11.1 Å². The minimum Gasteiger partial charge on any atom is -0.461 e. The van der Waals surface area contributed by atoms with E-state index in [0.29, 0.717) is 5.13 Å². The number of nitrogens with two attached hydrogens (primary N) is 1. The summed E-state index contributed by atoms with van der Waals surface area (Å²) in [6, 6.07) is 0. The zero-order valence-corrected chi connectivity index (χ0v) is 8.24. The summed E-state index contributed by atoms with van der Waals surface area (Å²) in [5.41, 5.74) is 5.34. The summed E-state index contributed by atoms with van der Waals surface area (Å²) in [6.07, 6.45) is 0. The van der Waals surface area contributed by atoms with E-state index in [-0.39, 0.29) is 18.0 Å². The molecule has 76 valence electrons. The summed E-state index contributed by atoms with van der Waals surface area (Å²) >= 11 is 1.15. The van der Waals surface area contributed by atoms with Crippen LogP contribution in [0.3, 0.4) is 0 Å². The van der Waals surface area contributed by atoms with Crippen LogP contribution in [0.15, 0.2) is 10.5 Å². The van der Waals surface area contributed by atoms with Crippen molar-refractivity contribution in [2.45, 2.75) is 6.92 Å². The number of oxime groups is 1. The number of nitrogens with zero attached hydrogens (tertiary/aromatic N) is 2. The molecule has 0 saturated heterocycles. The van der Waals surface area contributed by atoms with E-state index in [0.717, 1.165) is 11.3 Å². The summed E-state index contributed by atoms with van der Waals surface area (Å²) in [6.45, 7) is 1.86. The summed E-state index contributed by atoms with van der Waals surface area (Å²) in [5, 5.41) is 13.2. The van der Waals surface area contributed by atoms with Gasteiger partial charge in [0.05, 0.1) is 6.61 Å². The second-order valence-corrected chi connectivity index (χ2v) is 3.13. The third kappa shape index (κ3) is 2.19. The van der Waals surface area contributed by atoms with Gasteiger partial charge in [0.15, 0.2) is 5.13 Å². The number of hydrogen-bond acceptors (Lipinski definition) is 7. The van der Waals surface area contributed by atoms with Crippen LogP contribution in [-0.4, -0.2) is 28.5 Å². The molecule has 0 radical (unpaired) electrons. The maximum atomic E-state index is 11.2. The van der Waals surface area contributed by atoms with Crippen molar-refractivity contribution in [1.29, 1.82) is 0 Å². The zero-order valence-electron chi connectivity index (χ0n) is 7.43. The van der Waals surface area contributed by atoms with Gasteiger partial charge < -0.3 is 15.7 Å². The molecule has 1 aromatic rings. The number of nitrogen functional groups attached to an aromatic ring is 1. The number of esters is 1. The van der Waals surface area contributed by atoms with Crippen LogP contribution in [0.4, 0.5) is 5.13 Å². The molecule has 1 rings (SSSR count). The van der Waals surface area contributed by atoms with Gasteiger partial charge in [-0.3, -0.25) is 0 Å². The molecule has 0 atom stereocenters. The van der Waals surface area contributed by atoms with Gasteiger partial charge in [0.1, 0.15) is 5.69 Å². The maximum Gasteiger partial charge on any atom is 0.362 e. The van der Waals surface area contributed by atoms with Crippen molar-refractivity contribution in [1.82, 2.24) is 4.98 Å². The average Bonchev–Trinajstić information content (AvgIpc) is 2.54. The Balaban J connectivity index is 2.88. The Hall–Kier alpha value is -1.63. The van der Waals surface area contributed by atoms with Gasteiger partial charge >= 0.3 is 5.97 Å². The lowest BCUT2D eigenvalue weighted by molar-refractivity contribution is -0.135. The summed E-state index contributed by atoms with van der Waals surface area (Å²) < 4.78 is 4.65. The van der Waals surface area contributed by atoms with Crippen molar-refractivity contribution in [2.24, 2.45) is 5.16 Å². The summed E-state index contributed by atoms with van der Waals surface area (Å²) in [7, 11) is 0. The maximum absolute atomic E-state index is 11.2. The molecule has 0 aromatic carbocycles. The lowest BCUT2D eigenvalue weighted by Crippen LogP contribution is -2.19. The van der Waals surface area contributed by atoms with Gasteiger partial charge in [0.25, 0.3) is 0 Å². The molecule has 0 amide bonds. The van der Waals surface area contributed by atoms with Crippen LogP contribution in [0.5, 0.6) is 0 Å². The van der Waals surface area contributed by atoms with Crippen molar-refractivity contribution in [3.63, 3.8) is 0 Å². The molecule has 7 heteroatoms. The number of ether oxygens (including phenoxy) is 1. The van der Waals surface area contributed by atoms with Gasteiger partial charge in [-0.1, -0.05) is 5.16 Å². The van der Waals surface area contributed by atoms with E-state index in [1.807, 2.05) is 0 Å². The molecule has 0 unspecified atom stereocenters. The van der Waals surface area contributed by atoms with Crippen LogP contribution in [0.2, 0.25) is 0 Å². The van der Waals surface area contributed by atoms with E-state index in [1.54, 1.807) is 6.92 Å². The lowest BCUT2D eigenvalue weighted by atomic mass is 10.3. The third-order valence-corrected chi connectivity index (χ3v) is 2.01. The van der Waals surface area contributed by atoms with Crippen molar-refractivity contribution in [3.8, 4) is 0 Å². The van der Waals surface area contributed by atoms with Crippen molar-refractivity contribution >= 4 is 28.1 Å². The minimum atomic E-state index is -0.722. The van der Waals surface area contributed by atoms with Gasteiger partial charge in [-0.05, 0) is 6.92 Å². The number of carbonyl (C=O) groups is 1. The van der Waals surface area contributed by atoms with E-state index in [2.05, 4.69) is 14.9 Å². The van der Waals surface area contributed by atoms with Gasteiger partial charge in [-0.25, -0.2) is 9.78 Å². The molecule has 0 aliphatic carbocycles. The SMILES string of the molecule is CCOC(=O)/C(=N/O)c1csc(N)n1. The first-order valence-corrected chi connectivity index (χ1v) is 4.67. The quantitative estimate of drug-likeness (QED) is 0.330. The Bertz CT molecular complexity index is 361. The molecule has 0 saturated carbocycles. The van der Waals surface area contributed by atoms with Crippen LogP contribution in [0.25, 0.3) is 0 Å². The molecule has 0 bridgehead atoms. The highest BCUT2D eigenvalue weighted by Gasteiger charge is 2.18. The second-order valence-electron chi connectivity index (χ2n) is 2.24. The molecule has 0 aliphatic rings. The van der Waals surface area contributed by atoms with Crippen LogP contribution in [0, 0.1) is 0 Å². The first-order chi connectivity index (χ1) is 6.69. The predicted octanol–water partition coefficient (Wildman–Crippen LogP) is 0.467. The Morgan fingerprint density at radius 1 is 1.86 bits per heavy atom. The van der Waals surface area contributed by atoms with Crippen LogP contribution >= 0.6 is 11.3 Å². The highest BCUT2D eigenvalue weighted by molar-refractivity contribution is 7.13. The van der Waals surface area contributed by atoms with Gasteiger partial charge in [-0.15, -0.1) is 11.3 Å². The zero-order chi connectivity index (χ0) is 10.6. The largest absolute Gasteiger partial charge is 0.461 e. The van der Waals surface area contributed by atoms with Gasteiger partial charge in [0.2, 0.25) is 5.71 Å². The molecule has 1 aromatic heterocycles. The van der Waals surface area contributed by atoms with E-state index < -0.39 is 5.97 Å². The molecular formula is C7H9N3O3S. The van der Waals surface area contributed by atoms with Crippen LogP contribution in [0.1, 0.15) is 12.6 Å². The third-order valence-electron chi connectivity index (χ3n) is 1.33. The predicted molar refractivity (Wildman–Crippen MR) is 51.5 cm³/mol. The average molecular weight is 215 g/mol. The minimum absolute atomic E-state index is 0.206. The monoisotopic (exact) mass is 215 g/mol. The Morgan fingerprint density at radius 2 is 2.57 bits per heavy atom. The van der Waals surface area contributed by atoms with Crippen LogP contribution in [-0.2, 0) is 9.53 Å². The number of thiazole rings is 1. The molecular weight excluding hydrogens is 206 g/mol. The number of aromatic nitrogens is 1. The first-order valence-electron chi connectivity index (χ1n) is 3.79. The van der Waals surface area contributed by atoms with Gasteiger partial charge in [0, 0.05) is 5.38 Å². The highest BCUT2D eigenvalue weighted by atomic mass is 32.1. The van der Waals surface area contributed by atoms with E-state index in [4.69, 9.17) is 10.9 Å². The number of anilines is 1. The topological polar surface area (TPSA) is 97.8 Å². The fraction of sp³-hybridized carbons (Fsp3) is 0.286. The fourth-order valence-corrected chi connectivity index (χ4v) is 1.34. The number of carbonyl (C=O) groups excluding carboxylic acids is 1. The van der Waals surface area contributed by atoms with Crippen molar-refractivity contribution < 1.29 is 14.7 Å². The van der Waals surface area contributed by atoms with Crippen LogP contribution < -0.4 is 5.73 Å². The Labute approximate surface area is 84.0 Å². The lowest BCUT2D eigenvalue weighted by Gasteiger charge is -1.99. The molecule has 6 nitrogen and oxygen atoms in total. The molecule has 3 N–H and O–H groups in total. The van der Waals surface area contributed by atoms with E-state index in [9.17, 15) is 4.79 Å². The highest BCUT2D eigenvalue weighted by Crippen LogP contribution is 2.12. The Kier molecular flexibility index (Phi) is 3.41. The Morgan fingerprint density at radius 3 is 3.00 bits per heavy atom. The summed E-state index contributed by atoms with van der Waals surface area (Å²) in [5.74, 6) is -0.722. The fourth-order valence-electron chi connectivity index (χ4n) is 0.792. The summed E-state index contributed by atoms with van der Waals surface area (Å²) in [4.78, 5) is 15.0. The molecule has 1 heterocycles. The molecule has 14 heavy (non-hydrogen) atoms. The van der Waals surface area contributed by atoms with Crippen molar-refractivity contribution in [2.75, 3.05) is 12.3 Å². The number of rotatable bonds is 3. The second kappa shape index (κ2) is 4.56. The smallest absolute Gasteiger partial charge is 0.362 e. The number of hydrogen-bond donors (Lipinski definition) is 2. The molecule has 0 aliphatic heterocycles.